The summed E-state index contributed by atoms with van der Waals surface area (Å²) in [7, 11) is 1.55. The Labute approximate surface area is 145 Å². The van der Waals surface area contributed by atoms with Crippen molar-refractivity contribution >= 4 is 41.3 Å². The third-order valence-electron chi connectivity index (χ3n) is 3.60. The molecule has 0 aliphatic carbocycles. The highest BCUT2D eigenvalue weighted by molar-refractivity contribution is 8.00. The number of amides is 1. The Morgan fingerprint density at radius 1 is 1.21 bits per heavy atom. The molecule has 0 saturated carbocycles. The van der Waals surface area contributed by atoms with E-state index in [0.717, 1.165) is 29.4 Å². The summed E-state index contributed by atoms with van der Waals surface area (Å²) in [5, 5.41) is 2.89. The Morgan fingerprint density at radius 3 is 2.58 bits per heavy atom. The van der Waals surface area contributed by atoms with E-state index in [1.165, 1.54) is 12.8 Å². The van der Waals surface area contributed by atoms with Crippen molar-refractivity contribution in [3.05, 3.63) is 54.1 Å². The SMILES string of the molecule is COC=Nc1ccc(NC(=O)c2ccc(N3CCCS3)cc2)cc1. The molecule has 1 heterocycles. The van der Waals surface area contributed by atoms with E-state index >= 15 is 0 Å². The summed E-state index contributed by atoms with van der Waals surface area (Å²) in [6.45, 7) is 1.06. The second-order valence-corrected chi connectivity index (χ2v) is 6.41. The van der Waals surface area contributed by atoms with Crippen LogP contribution in [0.4, 0.5) is 17.1 Å². The molecule has 1 aliphatic heterocycles. The minimum Gasteiger partial charge on any atom is -0.486 e. The van der Waals surface area contributed by atoms with E-state index in [0.29, 0.717) is 5.56 Å². The molecule has 1 amide bonds. The van der Waals surface area contributed by atoms with E-state index in [1.54, 1.807) is 7.11 Å². The number of nitrogens with zero attached hydrogens (tertiary/aromatic N) is 2. The minimum absolute atomic E-state index is 0.122. The third-order valence-corrected chi connectivity index (χ3v) is 4.78. The molecular weight excluding hydrogens is 322 g/mol. The number of rotatable bonds is 5. The molecule has 6 heteroatoms. The predicted octanol–water partition coefficient (Wildman–Crippen LogP) is 4.10. The second kappa shape index (κ2) is 7.88. The Hall–Kier alpha value is -2.47. The lowest BCUT2D eigenvalue weighted by atomic mass is 10.2. The van der Waals surface area contributed by atoms with E-state index in [9.17, 15) is 4.79 Å². The zero-order valence-corrected chi connectivity index (χ0v) is 14.3. The molecule has 0 atom stereocenters. The summed E-state index contributed by atoms with van der Waals surface area (Å²) < 4.78 is 7.04. The van der Waals surface area contributed by atoms with Crippen molar-refractivity contribution in [1.82, 2.24) is 0 Å². The van der Waals surface area contributed by atoms with Gasteiger partial charge in [0.2, 0.25) is 0 Å². The Kier molecular flexibility index (Phi) is 5.38. The maximum Gasteiger partial charge on any atom is 0.255 e. The second-order valence-electron chi connectivity index (χ2n) is 5.31. The highest BCUT2D eigenvalue weighted by Gasteiger charge is 2.14. The maximum atomic E-state index is 12.3. The lowest BCUT2D eigenvalue weighted by molar-refractivity contribution is 0.102. The van der Waals surface area contributed by atoms with Crippen molar-refractivity contribution in [3.63, 3.8) is 0 Å². The van der Waals surface area contributed by atoms with Gasteiger partial charge in [-0.3, -0.25) is 4.79 Å². The normalized spacial score (nSPS) is 14.1. The monoisotopic (exact) mass is 341 g/mol. The van der Waals surface area contributed by atoms with Crippen LogP contribution in [0.5, 0.6) is 0 Å². The van der Waals surface area contributed by atoms with Crippen LogP contribution in [0.2, 0.25) is 0 Å². The van der Waals surface area contributed by atoms with E-state index in [1.807, 2.05) is 60.5 Å². The van der Waals surface area contributed by atoms with Crippen LogP contribution < -0.4 is 9.62 Å². The number of methoxy groups -OCH3 is 1. The van der Waals surface area contributed by atoms with Crippen molar-refractivity contribution in [2.24, 2.45) is 4.99 Å². The molecule has 124 valence electrons. The quantitative estimate of drug-likeness (QED) is 0.505. The van der Waals surface area contributed by atoms with Crippen molar-refractivity contribution in [3.8, 4) is 0 Å². The first-order valence-corrected chi connectivity index (χ1v) is 8.68. The number of carbonyl (C=O) groups is 1. The Morgan fingerprint density at radius 2 is 1.96 bits per heavy atom. The van der Waals surface area contributed by atoms with Gasteiger partial charge in [-0.25, -0.2) is 4.99 Å². The summed E-state index contributed by atoms with van der Waals surface area (Å²) in [6, 6.07) is 15.0. The zero-order chi connectivity index (χ0) is 16.8. The zero-order valence-electron chi connectivity index (χ0n) is 13.4. The van der Waals surface area contributed by atoms with Crippen LogP contribution in [0.3, 0.4) is 0 Å². The molecule has 3 rings (SSSR count). The average molecular weight is 341 g/mol. The molecule has 1 aliphatic rings. The van der Waals surface area contributed by atoms with Crippen LogP contribution in [0.1, 0.15) is 16.8 Å². The molecule has 5 nitrogen and oxygen atoms in total. The molecule has 1 fully saturated rings. The van der Waals surface area contributed by atoms with Crippen LogP contribution in [-0.2, 0) is 4.74 Å². The van der Waals surface area contributed by atoms with Crippen molar-refractivity contribution in [2.75, 3.05) is 29.0 Å². The first-order valence-electron chi connectivity index (χ1n) is 7.73. The summed E-state index contributed by atoms with van der Waals surface area (Å²) >= 11 is 1.83. The van der Waals surface area contributed by atoms with E-state index in [2.05, 4.69) is 14.6 Å². The number of nitrogens with one attached hydrogen (secondary N) is 1. The summed E-state index contributed by atoms with van der Waals surface area (Å²) in [6.07, 6.45) is 2.57. The number of hydrogen-bond acceptors (Lipinski definition) is 5. The number of benzene rings is 2. The van der Waals surface area contributed by atoms with Crippen LogP contribution in [0, 0.1) is 0 Å². The summed E-state index contributed by atoms with van der Waals surface area (Å²) in [5.41, 5.74) is 3.29. The molecule has 24 heavy (non-hydrogen) atoms. The third kappa shape index (κ3) is 4.08. The molecule has 0 radical (unpaired) electrons. The Balaban J connectivity index is 1.62. The van der Waals surface area contributed by atoms with Gasteiger partial charge in [0.1, 0.15) is 0 Å². The van der Waals surface area contributed by atoms with E-state index in [4.69, 9.17) is 4.74 Å². The molecule has 1 N–H and O–H groups in total. The molecule has 0 aromatic heterocycles. The molecule has 1 saturated heterocycles. The first-order chi connectivity index (χ1) is 11.8. The van der Waals surface area contributed by atoms with Gasteiger partial charge in [-0.05, 0) is 66.9 Å². The Bertz CT molecular complexity index is 708. The molecule has 2 aromatic rings. The molecule has 0 bridgehead atoms. The first kappa shape index (κ1) is 16.4. The smallest absolute Gasteiger partial charge is 0.255 e. The van der Waals surface area contributed by atoms with Gasteiger partial charge in [-0.15, -0.1) is 0 Å². The van der Waals surface area contributed by atoms with Crippen LogP contribution in [-0.4, -0.2) is 31.7 Å². The lowest BCUT2D eigenvalue weighted by Gasteiger charge is -2.16. The van der Waals surface area contributed by atoms with Crippen LogP contribution in [0.15, 0.2) is 53.5 Å². The van der Waals surface area contributed by atoms with Crippen molar-refractivity contribution in [2.45, 2.75) is 6.42 Å². The largest absolute Gasteiger partial charge is 0.486 e. The molecule has 2 aromatic carbocycles. The van der Waals surface area contributed by atoms with Crippen molar-refractivity contribution < 1.29 is 9.53 Å². The number of anilines is 2. The van der Waals surface area contributed by atoms with Gasteiger partial charge < -0.3 is 14.4 Å². The molecule has 0 spiro atoms. The van der Waals surface area contributed by atoms with Gasteiger partial charge in [0.15, 0.2) is 6.40 Å². The average Bonchev–Trinajstić information content (AvgIpc) is 3.16. The number of hydrogen-bond donors (Lipinski definition) is 1. The van der Waals surface area contributed by atoms with Gasteiger partial charge in [-0.1, -0.05) is 0 Å². The fourth-order valence-electron chi connectivity index (χ4n) is 2.38. The number of ether oxygens (including phenoxy) is 1. The fraction of sp³-hybridized carbons (Fsp3) is 0.222. The highest BCUT2D eigenvalue weighted by Crippen LogP contribution is 2.28. The van der Waals surface area contributed by atoms with E-state index in [-0.39, 0.29) is 5.91 Å². The van der Waals surface area contributed by atoms with Crippen molar-refractivity contribution in [1.29, 1.82) is 0 Å². The van der Waals surface area contributed by atoms with Gasteiger partial charge >= 0.3 is 0 Å². The lowest BCUT2D eigenvalue weighted by Crippen LogP contribution is -2.13. The van der Waals surface area contributed by atoms with Gasteiger partial charge in [0.05, 0.1) is 12.8 Å². The highest BCUT2D eigenvalue weighted by atomic mass is 32.2. The summed E-state index contributed by atoms with van der Waals surface area (Å²) in [4.78, 5) is 16.4. The van der Waals surface area contributed by atoms with E-state index < -0.39 is 0 Å². The standard InChI is InChI=1S/C18H19N3O2S/c1-23-13-19-15-5-7-16(8-6-15)20-18(22)14-3-9-17(10-4-14)21-11-2-12-24-21/h3-10,13H,2,11-12H2,1H3,(H,20,22). The van der Waals surface area contributed by atoms with Gasteiger partial charge in [-0.2, -0.15) is 0 Å². The fourth-order valence-corrected chi connectivity index (χ4v) is 3.39. The van der Waals surface area contributed by atoms with Gasteiger partial charge in [0.25, 0.3) is 5.91 Å². The van der Waals surface area contributed by atoms with Gasteiger partial charge in [0, 0.05) is 29.2 Å². The molecule has 0 unspecified atom stereocenters. The summed E-state index contributed by atoms with van der Waals surface area (Å²) in [5.74, 6) is 1.04. The molecular formula is C18H19N3O2S. The number of carbonyl (C=O) groups excluding carboxylic acids is 1. The maximum absolute atomic E-state index is 12.3. The topological polar surface area (TPSA) is 53.9 Å². The predicted molar refractivity (Wildman–Crippen MR) is 100 cm³/mol. The van der Waals surface area contributed by atoms with Crippen LogP contribution >= 0.6 is 11.9 Å². The van der Waals surface area contributed by atoms with Crippen LogP contribution in [0.25, 0.3) is 0 Å². The minimum atomic E-state index is -0.122. The number of aliphatic imine (C=N–C) groups is 1.